The van der Waals surface area contributed by atoms with Gasteiger partial charge in [-0.3, -0.25) is 14.3 Å². The lowest BCUT2D eigenvalue weighted by Gasteiger charge is -2.32. The third-order valence-corrected chi connectivity index (χ3v) is 5.22. The molecule has 3 aromatic heterocycles. The lowest BCUT2D eigenvalue weighted by Crippen LogP contribution is -2.39. The maximum Gasteiger partial charge on any atom is 0.255 e. The minimum absolute atomic E-state index is 0.0469. The smallest absolute Gasteiger partial charge is 0.255 e. The van der Waals surface area contributed by atoms with E-state index in [-0.39, 0.29) is 11.8 Å². The average molecular weight is 375 g/mol. The van der Waals surface area contributed by atoms with Gasteiger partial charge >= 0.3 is 0 Å². The van der Waals surface area contributed by atoms with Gasteiger partial charge in [0.15, 0.2) is 0 Å². The van der Waals surface area contributed by atoms with Crippen molar-refractivity contribution in [2.75, 3.05) is 13.1 Å². The van der Waals surface area contributed by atoms with E-state index in [0.29, 0.717) is 18.0 Å². The summed E-state index contributed by atoms with van der Waals surface area (Å²) < 4.78 is 2.05. The zero-order valence-corrected chi connectivity index (χ0v) is 16.3. The van der Waals surface area contributed by atoms with Crippen molar-refractivity contribution in [2.24, 2.45) is 0 Å². The Bertz CT molecular complexity index is 950. The minimum atomic E-state index is 0.0469. The number of hydrogen-bond donors (Lipinski definition) is 0. The first-order valence-corrected chi connectivity index (χ1v) is 9.83. The summed E-state index contributed by atoms with van der Waals surface area (Å²) in [4.78, 5) is 28.2. The minimum Gasteiger partial charge on any atom is -0.338 e. The summed E-state index contributed by atoms with van der Waals surface area (Å²) in [6, 6.07) is 9.75. The molecule has 0 saturated carbocycles. The van der Waals surface area contributed by atoms with Gasteiger partial charge in [0.25, 0.3) is 5.91 Å². The molecule has 28 heavy (non-hydrogen) atoms. The molecule has 1 aliphatic heterocycles. The first-order valence-electron chi connectivity index (χ1n) is 9.83. The fourth-order valence-corrected chi connectivity index (χ4v) is 3.81. The highest BCUT2D eigenvalue weighted by Gasteiger charge is 2.26. The maximum absolute atomic E-state index is 12.8. The van der Waals surface area contributed by atoms with Gasteiger partial charge in [0, 0.05) is 55.4 Å². The van der Waals surface area contributed by atoms with Crippen LogP contribution in [0.1, 0.15) is 60.4 Å². The molecule has 1 amide bonds. The van der Waals surface area contributed by atoms with Crippen molar-refractivity contribution < 1.29 is 4.79 Å². The van der Waals surface area contributed by atoms with Gasteiger partial charge in [-0.25, -0.2) is 9.97 Å². The first kappa shape index (κ1) is 18.3. The van der Waals surface area contributed by atoms with Gasteiger partial charge in [0.1, 0.15) is 11.6 Å². The van der Waals surface area contributed by atoms with E-state index < -0.39 is 0 Å². The highest BCUT2D eigenvalue weighted by atomic mass is 16.2. The number of likely N-dealkylation sites (tertiary alicyclic amines) is 1. The van der Waals surface area contributed by atoms with Gasteiger partial charge < -0.3 is 4.90 Å². The number of carbonyl (C=O) groups excluding carboxylic acids is 1. The molecule has 4 heterocycles. The molecule has 0 spiro atoms. The van der Waals surface area contributed by atoms with E-state index in [0.717, 1.165) is 36.7 Å². The van der Waals surface area contributed by atoms with Gasteiger partial charge in [-0.15, -0.1) is 0 Å². The van der Waals surface area contributed by atoms with Crippen LogP contribution in [-0.2, 0) is 0 Å². The molecule has 4 rings (SSSR count). The standard InChI is InChI=1S/C22H25N5O/c1-16(2)21-24-11-13-27(21)20-9-3-8-19(25-20)18-7-5-12-26(15-18)22(28)17-6-4-10-23-14-17/h3-4,6,8-11,13-14,16,18H,5,7,12,15H2,1-2H3/t18-/m0/s1. The topological polar surface area (TPSA) is 63.9 Å². The summed E-state index contributed by atoms with van der Waals surface area (Å²) in [6.07, 6.45) is 9.11. The molecular weight excluding hydrogens is 350 g/mol. The van der Waals surface area contributed by atoms with E-state index in [1.54, 1.807) is 18.5 Å². The van der Waals surface area contributed by atoms with Crippen LogP contribution in [0.25, 0.3) is 5.82 Å². The Morgan fingerprint density at radius 1 is 1.18 bits per heavy atom. The van der Waals surface area contributed by atoms with E-state index >= 15 is 0 Å². The first-order chi connectivity index (χ1) is 13.6. The van der Waals surface area contributed by atoms with Gasteiger partial charge in [0.05, 0.1) is 5.56 Å². The van der Waals surface area contributed by atoms with Crippen LogP contribution in [0, 0.1) is 0 Å². The number of rotatable bonds is 4. The second kappa shape index (κ2) is 7.92. The van der Waals surface area contributed by atoms with Crippen molar-refractivity contribution >= 4 is 5.91 Å². The Balaban J connectivity index is 1.56. The summed E-state index contributed by atoms with van der Waals surface area (Å²) in [5.41, 5.74) is 1.68. The van der Waals surface area contributed by atoms with Gasteiger partial charge in [0.2, 0.25) is 0 Å². The van der Waals surface area contributed by atoms with Crippen LogP contribution >= 0.6 is 0 Å². The van der Waals surface area contributed by atoms with Crippen LogP contribution < -0.4 is 0 Å². The van der Waals surface area contributed by atoms with Gasteiger partial charge in [-0.05, 0) is 37.1 Å². The second-order valence-electron chi connectivity index (χ2n) is 7.56. The number of hydrogen-bond acceptors (Lipinski definition) is 4. The van der Waals surface area contributed by atoms with E-state index in [2.05, 4.69) is 34.4 Å². The van der Waals surface area contributed by atoms with Gasteiger partial charge in [-0.2, -0.15) is 0 Å². The third-order valence-electron chi connectivity index (χ3n) is 5.22. The van der Waals surface area contributed by atoms with Crippen LogP contribution in [0.2, 0.25) is 0 Å². The van der Waals surface area contributed by atoms with Crippen molar-refractivity contribution in [2.45, 2.75) is 38.5 Å². The largest absolute Gasteiger partial charge is 0.338 e. The molecule has 144 valence electrons. The summed E-state index contributed by atoms with van der Waals surface area (Å²) in [6.45, 7) is 5.73. The molecular formula is C22H25N5O. The lowest BCUT2D eigenvalue weighted by molar-refractivity contribution is 0.0705. The fraction of sp³-hybridized carbons (Fsp3) is 0.364. The number of piperidine rings is 1. The zero-order chi connectivity index (χ0) is 19.5. The Morgan fingerprint density at radius 3 is 2.86 bits per heavy atom. The van der Waals surface area contributed by atoms with Gasteiger partial charge in [-0.1, -0.05) is 19.9 Å². The van der Waals surface area contributed by atoms with E-state index in [1.807, 2.05) is 35.5 Å². The molecule has 1 aliphatic rings. The van der Waals surface area contributed by atoms with Crippen LogP contribution in [0.3, 0.4) is 0 Å². The average Bonchev–Trinajstić information content (AvgIpc) is 3.24. The fourth-order valence-electron chi connectivity index (χ4n) is 3.81. The van der Waals surface area contributed by atoms with Crippen molar-refractivity contribution in [3.05, 3.63) is 72.2 Å². The van der Waals surface area contributed by atoms with Crippen LogP contribution in [0.15, 0.2) is 55.1 Å². The molecule has 0 aliphatic carbocycles. The molecule has 0 N–H and O–H groups in total. The molecule has 0 radical (unpaired) electrons. The molecule has 6 heteroatoms. The maximum atomic E-state index is 12.8. The predicted molar refractivity (Wildman–Crippen MR) is 108 cm³/mol. The molecule has 1 fully saturated rings. The third kappa shape index (κ3) is 3.67. The van der Waals surface area contributed by atoms with E-state index in [9.17, 15) is 4.79 Å². The monoisotopic (exact) mass is 375 g/mol. The highest BCUT2D eigenvalue weighted by Crippen LogP contribution is 2.27. The molecule has 0 bridgehead atoms. The normalized spacial score (nSPS) is 17.1. The SMILES string of the molecule is CC(C)c1nccn1-c1cccc([C@H]2CCCN(C(=O)c3cccnc3)C2)n1. The lowest BCUT2D eigenvalue weighted by atomic mass is 9.94. The van der Waals surface area contributed by atoms with E-state index in [4.69, 9.17) is 4.98 Å². The molecule has 1 saturated heterocycles. The number of carbonyl (C=O) groups is 1. The van der Waals surface area contributed by atoms with Crippen LogP contribution in [0.5, 0.6) is 0 Å². The number of nitrogens with zero attached hydrogens (tertiary/aromatic N) is 5. The predicted octanol–water partition coefficient (Wildman–Crippen LogP) is 3.81. The zero-order valence-electron chi connectivity index (χ0n) is 16.3. The van der Waals surface area contributed by atoms with Crippen LogP contribution in [-0.4, -0.2) is 43.4 Å². The number of imidazole rings is 1. The Kier molecular flexibility index (Phi) is 5.19. The highest BCUT2D eigenvalue weighted by molar-refractivity contribution is 5.94. The Hall–Kier alpha value is -3.02. The number of amides is 1. The molecule has 0 aromatic carbocycles. The number of pyridine rings is 2. The Labute approximate surface area is 165 Å². The summed E-state index contributed by atoms with van der Waals surface area (Å²) in [7, 11) is 0. The van der Waals surface area contributed by atoms with Crippen molar-refractivity contribution in [1.82, 2.24) is 24.4 Å². The second-order valence-corrected chi connectivity index (χ2v) is 7.56. The number of aromatic nitrogens is 4. The van der Waals surface area contributed by atoms with Crippen LogP contribution in [0.4, 0.5) is 0 Å². The quantitative estimate of drug-likeness (QED) is 0.696. The molecule has 0 unspecified atom stereocenters. The van der Waals surface area contributed by atoms with Crippen molar-refractivity contribution in [3.8, 4) is 5.82 Å². The molecule has 6 nitrogen and oxygen atoms in total. The summed E-state index contributed by atoms with van der Waals surface area (Å²) in [5.74, 6) is 2.49. The summed E-state index contributed by atoms with van der Waals surface area (Å²) in [5, 5.41) is 0. The summed E-state index contributed by atoms with van der Waals surface area (Å²) >= 11 is 0. The van der Waals surface area contributed by atoms with Crippen molar-refractivity contribution in [1.29, 1.82) is 0 Å². The molecule has 3 aromatic rings. The Morgan fingerprint density at radius 2 is 2.07 bits per heavy atom. The van der Waals surface area contributed by atoms with Crippen molar-refractivity contribution in [3.63, 3.8) is 0 Å². The molecule has 1 atom stereocenters. The van der Waals surface area contributed by atoms with E-state index in [1.165, 1.54) is 0 Å².